The third kappa shape index (κ3) is 1.71. The number of hydrogen-bond donors (Lipinski definition) is 3. The quantitative estimate of drug-likeness (QED) is 0.660. The number of aliphatic hydroxyl groups excluding tert-OH is 1. The van der Waals surface area contributed by atoms with Gasteiger partial charge in [-0.2, -0.15) is 0 Å². The Morgan fingerprint density at radius 3 is 2.18 bits per heavy atom. The number of hydrogen-bond acceptors (Lipinski definition) is 6. The molecular weight excluding hydrogens is 288 g/mol. The van der Waals surface area contributed by atoms with E-state index in [1.54, 1.807) is 0 Å². The Balaban J connectivity index is 2.35. The monoisotopic (exact) mass is 300 g/mol. The van der Waals surface area contributed by atoms with E-state index in [9.17, 15) is 24.9 Å². The molecule has 0 saturated carbocycles. The van der Waals surface area contributed by atoms with Gasteiger partial charge >= 0.3 is 0 Å². The maximum Gasteiger partial charge on any atom is 0.198 e. The maximum absolute atomic E-state index is 12.6. The van der Waals surface area contributed by atoms with Crippen molar-refractivity contribution in [1.82, 2.24) is 0 Å². The van der Waals surface area contributed by atoms with E-state index in [4.69, 9.17) is 4.74 Å². The summed E-state index contributed by atoms with van der Waals surface area (Å²) in [6, 6.07) is 5.30. The van der Waals surface area contributed by atoms with Crippen LogP contribution in [0.3, 0.4) is 0 Å². The van der Waals surface area contributed by atoms with Crippen LogP contribution in [0.4, 0.5) is 0 Å². The number of fused-ring (bicyclic) bond motifs is 2. The van der Waals surface area contributed by atoms with Crippen molar-refractivity contribution in [1.29, 1.82) is 0 Å². The Hall–Kier alpha value is -2.86. The highest BCUT2D eigenvalue weighted by molar-refractivity contribution is 6.30. The Bertz CT molecular complexity index is 822. The molecule has 0 fully saturated rings. The minimum absolute atomic E-state index is 0.0103. The fraction of sp³-hybridized carbons (Fsp3) is 0.125. The molecule has 6 nitrogen and oxygen atoms in total. The van der Waals surface area contributed by atoms with Gasteiger partial charge in [0.25, 0.3) is 0 Å². The van der Waals surface area contributed by atoms with Gasteiger partial charge < -0.3 is 20.1 Å². The van der Waals surface area contributed by atoms with Crippen LogP contribution < -0.4 is 4.74 Å². The topological polar surface area (TPSA) is 104 Å². The second-order valence-corrected chi connectivity index (χ2v) is 4.85. The van der Waals surface area contributed by atoms with Crippen molar-refractivity contribution in [2.45, 2.75) is 6.61 Å². The number of aromatic hydroxyl groups is 2. The van der Waals surface area contributed by atoms with E-state index in [-0.39, 0.29) is 39.3 Å². The van der Waals surface area contributed by atoms with Crippen molar-refractivity contribution in [2.24, 2.45) is 0 Å². The molecule has 0 radical (unpaired) electrons. The van der Waals surface area contributed by atoms with Crippen LogP contribution in [0.1, 0.15) is 37.4 Å². The molecule has 0 heterocycles. The number of rotatable bonds is 2. The SMILES string of the molecule is COc1c(O)ccc2c1C(=O)c1ccc(CO)c(O)c1C2=O. The highest BCUT2D eigenvalue weighted by Gasteiger charge is 2.36. The number of aliphatic hydroxyl groups is 1. The van der Waals surface area contributed by atoms with E-state index in [0.717, 1.165) is 0 Å². The summed E-state index contributed by atoms with van der Waals surface area (Å²) in [4.78, 5) is 25.2. The molecule has 0 saturated heterocycles. The van der Waals surface area contributed by atoms with Crippen molar-refractivity contribution in [3.05, 3.63) is 52.1 Å². The minimum atomic E-state index is -0.560. The van der Waals surface area contributed by atoms with Gasteiger partial charge in [0.2, 0.25) is 0 Å². The fourth-order valence-corrected chi connectivity index (χ4v) is 2.64. The van der Waals surface area contributed by atoms with Crippen molar-refractivity contribution < 1.29 is 29.6 Å². The maximum atomic E-state index is 12.6. The normalized spacial score (nSPS) is 12.8. The Morgan fingerprint density at radius 2 is 1.55 bits per heavy atom. The first-order valence-corrected chi connectivity index (χ1v) is 6.46. The summed E-state index contributed by atoms with van der Waals surface area (Å²) < 4.78 is 5.03. The van der Waals surface area contributed by atoms with Crippen LogP contribution in [-0.4, -0.2) is 34.0 Å². The van der Waals surface area contributed by atoms with Gasteiger partial charge in [-0.25, -0.2) is 0 Å². The lowest BCUT2D eigenvalue weighted by molar-refractivity contribution is 0.0973. The van der Waals surface area contributed by atoms with E-state index in [1.165, 1.54) is 31.4 Å². The first-order valence-electron chi connectivity index (χ1n) is 6.46. The molecule has 3 rings (SSSR count). The van der Waals surface area contributed by atoms with Gasteiger partial charge in [-0.1, -0.05) is 6.07 Å². The van der Waals surface area contributed by atoms with Gasteiger partial charge in [0, 0.05) is 16.7 Å². The number of carbonyl (C=O) groups excluding carboxylic acids is 2. The van der Waals surface area contributed by atoms with E-state index in [1.807, 2.05) is 0 Å². The fourth-order valence-electron chi connectivity index (χ4n) is 2.64. The minimum Gasteiger partial charge on any atom is -0.507 e. The third-order valence-corrected chi connectivity index (χ3v) is 3.72. The van der Waals surface area contributed by atoms with E-state index in [0.29, 0.717) is 0 Å². The van der Waals surface area contributed by atoms with Crippen LogP contribution in [0.2, 0.25) is 0 Å². The average Bonchev–Trinajstić information content (AvgIpc) is 2.52. The zero-order chi connectivity index (χ0) is 16.0. The molecule has 0 unspecified atom stereocenters. The Labute approximate surface area is 125 Å². The zero-order valence-electron chi connectivity index (χ0n) is 11.6. The predicted octanol–water partition coefficient (Wildman–Crippen LogP) is 1.37. The molecule has 0 amide bonds. The van der Waals surface area contributed by atoms with Gasteiger partial charge in [0.1, 0.15) is 5.75 Å². The lowest BCUT2D eigenvalue weighted by Crippen LogP contribution is -2.22. The molecule has 0 spiro atoms. The molecule has 1 aliphatic rings. The van der Waals surface area contributed by atoms with Crippen LogP contribution in [0.15, 0.2) is 24.3 Å². The second-order valence-electron chi connectivity index (χ2n) is 4.85. The summed E-state index contributed by atoms with van der Waals surface area (Å²) >= 11 is 0. The Morgan fingerprint density at radius 1 is 0.955 bits per heavy atom. The largest absolute Gasteiger partial charge is 0.507 e. The summed E-state index contributed by atoms with van der Waals surface area (Å²) in [7, 11) is 1.29. The first-order chi connectivity index (χ1) is 10.5. The summed E-state index contributed by atoms with van der Waals surface area (Å²) in [5, 5.41) is 29.1. The van der Waals surface area contributed by atoms with Crippen LogP contribution in [-0.2, 0) is 6.61 Å². The highest BCUT2D eigenvalue weighted by atomic mass is 16.5. The van der Waals surface area contributed by atoms with Crippen LogP contribution in [0.25, 0.3) is 0 Å². The van der Waals surface area contributed by atoms with Crippen molar-refractivity contribution in [2.75, 3.05) is 7.11 Å². The first kappa shape index (κ1) is 14.1. The Kier molecular flexibility index (Phi) is 3.11. The van der Waals surface area contributed by atoms with Crippen LogP contribution in [0.5, 0.6) is 17.2 Å². The van der Waals surface area contributed by atoms with Gasteiger partial charge in [0.05, 0.1) is 24.8 Å². The molecule has 2 aromatic rings. The van der Waals surface area contributed by atoms with Crippen LogP contribution >= 0.6 is 0 Å². The molecule has 22 heavy (non-hydrogen) atoms. The number of carbonyl (C=O) groups is 2. The number of ether oxygens (including phenoxy) is 1. The highest BCUT2D eigenvalue weighted by Crippen LogP contribution is 2.41. The van der Waals surface area contributed by atoms with Crippen LogP contribution in [0, 0.1) is 0 Å². The summed E-state index contributed by atoms with van der Waals surface area (Å²) in [5.41, 5.74) is 0.0377. The number of phenols is 2. The van der Waals surface area contributed by atoms with Gasteiger partial charge in [-0.05, 0) is 18.2 Å². The third-order valence-electron chi connectivity index (χ3n) is 3.72. The van der Waals surface area contributed by atoms with Crippen molar-refractivity contribution >= 4 is 11.6 Å². The summed E-state index contributed by atoms with van der Waals surface area (Å²) in [6.07, 6.45) is 0. The molecule has 112 valence electrons. The molecule has 6 heteroatoms. The summed E-state index contributed by atoms with van der Waals surface area (Å²) in [5.74, 6) is -1.82. The number of methoxy groups -OCH3 is 1. The van der Waals surface area contributed by atoms with Gasteiger partial charge in [-0.3, -0.25) is 9.59 Å². The molecule has 3 N–H and O–H groups in total. The predicted molar refractivity (Wildman–Crippen MR) is 75.6 cm³/mol. The lowest BCUT2D eigenvalue weighted by atomic mass is 9.82. The zero-order valence-corrected chi connectivity index (χ0v) is 11.6. The molecule has 0 atom stereocenters. The lowest BCUT2D eigenvalue weighted by Gasteiger charge is -2.21. The molecule has 0 bridgehead atoms. The van der Waals surface area contributed by atoms with Gasteiger partial charge in [0.15, 0.2) is 23.1 Å². The number of benzene rings is 2. The van der Waals surface area contributed by atoms with E-state index in [2.05, 4.69) is 0 Å². The smallest absolute Gasteiger partial charge is 0.198 e. The molecular formula is C16H12O6. The molecule has 2 aromatic carbocycles. The van der Waals surface area contributed by atoms with E-state index < -0.39 is 23.9 Å². The van der Waals surface area contributed by atoms with Gasteiger partial charge in [-0.15, -0.1) is 0 Å². The molecule has 0 aromatic heterocycles. The second kappa shape index (κ2) is 4.85. The average molecular weight is 300 g/mol. The number of ketones is 2. The molecule has 0 aliphatic heterocycles. The summed E-state index contributed by atoms with van der Waals surface area (Å²) in [6.45, 7) is -0.452. The van der Waals surface area contributed by atoms with Crippen molar-refractivity contribution in [3.8, 4) is 17.2 Å². The standard InChI is InChI=1S/C16H12O6/c1-22-16-10(18)5-4-9-12(16)15(21)8-3-2-7(6-17)13(19)11(8)14(9)20/h2-5,17-19H,6H2,1H3. The number of phenolic OH excluding ortho intramolecular Hbond substituents is 1. The van der Waals surface area contributed by atoms with E-state index >= 15 is 0 Å². The molecule has 1 aliphatic carbocycles. The van der Waals surface area contributed by atoms with Crippen molar-refractivity contribution in [3.63, 3.8) is 0 Å².